The fourth-order valence-corrected chi connectivity index (χ4v) is 2.55. The first-order valence-electron chi connectivity index (χ1n) is 6.84. The first-order valence-corrected chi connectivity index (χ1v) is 6.84. The van der Waals surface area contributed by atoms with Gasteiger partial charge in [0.05, 0.1) is 0 Å². The minimum Gasteiger partial charge on any atom is -0.333 e. The Hall–Kier alpha value is -2.14. The Balaban J connectivity index is 1.89. The molecule has 0 unspecified atom stereocenters. The maximum absolute atomic E-state index is 4.52. The largest absolute Gasteiger partial charge is 0.333 e. The van der Waals surface area contributed by atoms with Crippen molar-refractivity contribution in [3.63, 3.8) is 0 Å². The quantitative estimate of drug-likeness (QED) is 0.770. The number of aromatic nitrogens is 4. The molecule has 0 amide bonds. The summed E-state index contributed by atoms with van der Waals surface area (Å²) in [7, 11) is 1.97. The number of rotatable bonds is 5. The van der Waals surface area contributed by atoms with Crippen LogP contribution in [0.2, 0.25) is 0 Å². The van der Waals surface area contributed by atoms with Crippen molar-refractivity contribution >= 4 is 11.0 Å². The zero-order chi connectivity index (χ0) is 13.9. The van der Waals surface area contributed by atoms with Gasteiger partial charge in [-0.1, -0.05) is 0 Å². The third kappa shape index (κ3) is 2.32. The molecule has 0 aliphatic heterocycles. The monoisotopic (exact) mass is 269 g/mol. The molecular formula is C15H19N5. The second-order valence-electron chi connectivity index (χ2n) is 4.92. The van der Waals surface area contributed by atoms with Crippen molar-refractivity contribution in [2.75, 3.05) is 7.05 Å². The van der Waals surface area contributed by atoms with E-state index in [9.17, 15) is 0 Å². The van der Waals surface area contributed by atoms with E-state index in [1.165, 1.54) is 10.9 Å². The van der Waals surface area contributed by atoms with Gasteiger partial charge >= 0.3 is 0 Å². The summed E-state index contributed by atoms with van der Waals surface area (Å²) in [5, 5.41) is 4.44. The molecule has 0 atom stereocenters. The van der Waals surface area contributed by atoms with Crippen molar-refractivity contribution in [2.24, 2.45) is 0 Å². The van der Waals surface area contributed by atoms with E-state index in [1.54, 1.807) is 0 Å². The Morgan fingerprint density at radius 1 is 1.15 bits per heavy atom. The van der Waals surface area contributed by atoms with Crippen LogP contribution in [0.4, 0.5) is 0 Å². The molecule has 0 aliphatic carbocycles. The van der Waals surface area contributed by atoms with Gasteiger partial charge in [-0.25, -0.2) is 9.97 Å². The van der Waals surface area contributed by atoms with Crippen LogP contribution in [-0.4, -0.2) is 26.1 Å². The van der Waals surface area contributed by atoms with Crippen LogP contribution in [0.5, 0.6) is 0 Å². The lowest BCUT2D eigenvalue weighted by Gasteiger charge is -2.07. The highest BCUT2D eigenvalue weighted by Gasteiger charge is 2.08. The van der Waals surface area contributed by atoms with E-state index in [0.29, 0.717) is 0 Å². The highest BCUT2D eigenvalue weighted by molar-refractivity contribution is 5.80. The Kier molecular flexibility index (Phi) is 3.52. The average molecular weight is 269 g/mol. The van der Waals surface area contributed by atoms with Crippen LogP contribution in [0.3, 0.4) is 0 Å². The number of imidazole rings is 1. The van der Waals surface area contributed by atoms with Crippen LogP contribution in [0.25, 0.3) is 11.0 Å². The van der Waals surface area contributed by atoms with Crippen LogP contribution in [0.15, 0.2) is 36.9 Å². The van der Waals surface area contributed by atoms with Gasteiger partial charge in [0.2, 0.25) is 0 Å². The van der Waals surface area contributed by atoms with Crippen molar-refractivity contribution in [2.45, 2.75) is 26.6 Å². The van der Waals surface area contributed by atoms with Crippen LogP contribution in [0, 0.1) is 6.92 Å². The molecule has 0 saturated carbocycles. The minimum atomic E-state index is 0.860. The van der Waals surface area contributed by atoms with Gasteiger partial charge in [0, 0.05) is 49.8 Å². The molecule has 3 aromatic heterocycles. The normalized spacial score (nSPS) is 11.3. The molecule has 104 valence electrons. The third-order valence-electron chi connectivity index (χ3n) is 3.59. The summed E-state index contributed by atoms with van der Waals surface area (Å²) in [4.78, 5) is 8.77. The lowest BCUT2D eigenvalue weighted by molar-refractivity contribution is 0.576. The number of nitrogens with one attached hydrogen (secondary N) is 1. The fourth-order valence-electron chi connectivity index (χ4n) is 2.55. The molecule has 0 aliphatic rings. The topological polar surface area (TPSA) is 47.7 Å². The van der Waals surface area contributed by atoms with Crippen molar-refractivity contribution in [3.05, 3.63) is 48.3 Å². The molecule has 0 spiro atoms. The van der Waals surface area contributed by atoms with E-state index in [1.807, 2.05) is 38.6 Å². The average Bonchev–Trinajstić information content (AvgIpc) is 3.02. The Bertz CT molecular complexity index is 710. The van der Waals surface area contributed by atoms with Crippen molar-refractivity contribution < 1.29 is 0 Å². The highest BCUT2D eigenvalue weighted by atomic mass is 15.1. The van der Waals surface area contributed by atoms with Crippen LogP contribution in [0.1, 0.15) is 11.4 Å². The highest BCUT2D eigenvalue weighted by Crippen LogP contribution is 2.19. The summed E-state index contributed by atoms with van der Waals surface area (Å²) in [5.74, 6) is 1.05. The maximum atomic E-state index is 4.52. The summed E-state index contributed by atoms with van der Waals surface area (Å²) in [5.41, 5.74) is 2.34. The zero-order valence-corrected chi connectivity index (χ0v) is 11.9. The second kappa shape index (κ2) is 5.46. The predicted molar refractivity (Wildman–Crippen MR) is 79.5 cm³/mol. The van der Waals surface area contributed by atoms with E-state index in [2.05, 4.69) is 36.7 Å². The van der Waals surface area contributed by atoms with Crippen LogP contribution >= 0.6 is 0 Å². The standard InChI is InChI=1S/C15H19N5/c1-12-17-6-7-19(12)8-9-20-11-13(10-16-2)14-4-3-5-18-15(14)20/h3-7,11,16H,8-10H2,1-2H3. The number of nitrogens with zero attached hydrogens (tertiary/aromatic N) is 4. The molecule has 5 nitrogen and oxygen atoms in total. The van der Waals surface area contributed by atoms with Gasteiger partial charge in [-0.15, -0.1) is 0 Å². The van der Waals surface area contributed by atoms with Gasteiger partial charge in [-0.2, -0.15) is 0 Å². The van der Waals surface area contributed by atoms with E-state index in [4.69, 9.17) is 0 Å². The molecule has 0 bridgehead atoms. The Morgan fingerprint density at radius 3 is 2.75 bits per heavy atom. The molecule has 3 heterocycles. The fraction of sp³-hybridized carbons (Fsp3) is 0.333. The summed E-state index contributed by atoms with van der Waals surface area (Å²) in [6.07, 6.45) is 7.90. The van der Waals surface area contributed by atoms with Gasteiger partial charge in [0.25, 0.3) is 0 Å². The molecule has 3 rings (SSSR count). The zero-order valence-electron chi connectivity index (χ0n) is 11.9. The molecule has 0 fully saturated rings. The van der Waals surface area contributed by atoms with E-state index >= 15 is 0 Å². The molecule has 1 N–H and O–H groups in total. The van der Waals surface area contributed by atoms with Gasteiger partial charge in [-0.05, 0) is 31.7 Å². The van der Waals surface area contributed by atoms with Gasteiger partial charge in [0.1, 0.15) is 11.5 Å². The van der Waals surface area contributed by atoms with Gasteiger partial charge in [-0.3, -0.25) is 0 Å². The summed E-state index contributed by atoms with van der Waals surface area (Å²) in [6.45, 7) is 4.69. The van der Waals surface area contributed by atoms with E-state index in [-0.39, 0.29) is 0 Å². The third-order valence-corrected chi connectivity index (χ3v) is 3.59. The maximum Gasteiger partial charge on any atom is 0.140 e. The second-order valence-corrected chi connectivity index (χ2v) is 4.92. The molecular weight excluding hydrogens is 250 g/mol. The van der Waals surface area contributed by atoms with Crippen molar-refractivity contribution in [3.8, 4) is 0 Å². The molecule has 20 heavy (non-hydrogen) atoms. The smallest absolute Gasteiger partial charge is 0.140 e. The summed E-state index contributed by atoms with van der Waals surface area (Å²) >= 11 is 0. The SMILES string of the molecule is CNCc1cn(CCn2ccnc2C)c2ncccc12. The summed E-state index contributed by atoms with van der Waals surface area (Å²) < 4.78 is 4.38. The van der Waals surface area contributed by atoms with Gasteiger partial charge in [0.15, 0.2) is 0 Å². The van der Waals surface area contributed by atoms with Crippen molar-refractivity contribution in [1.82, 2.24) is 24.4 Å². The molecule has 0 aromatic carbocycles. The first kappa shape index (κ1) is 12.9. The number of fused-ring (bicyclic) bond motifs is 1. The Labute approximate surface area is 118 Å². The molecule has 5 heteroatoms. The van der Waals surface area contributed by atoms with Crippen molar-refractivity contribution in [1.29, 1.82) is 0 Å². The molecule has 0 radical (unpaired) electrons. The minimum absolute atomic E-state index is 0.860. The van der Waals surface area contributed by atoms with E-state index < -0.39 is 0 Å². The number of hydrogen-bond acceptors (Lipinski definition) is 3. The number of pyridine rings is 1. The molecule has 0 saturated heterocycles. The van der Waals surface area contributed by atoms with E-state index in [0.717, 1.165) is 31.1 Å². The molecule has 3 aromatic rings. The van der Waals surface area contributed by atoms with Gasteiger partial charge < -0.3 is 14.5 Å². The predicted octanol–water partition coefficient (Wildman–Crippen LogP) is 1.96. The lowest BCUT2D eigenvalue weighted by atomic mass is 10.2. The Morgan fingerprint density at radius 2 is 2.00 bits per heavy atom. The first-order chi connectivity index (χ1) is 9.79. The number of aryl methyl sites for hydroxylation is 3. The van der Waals surface area contributed by atoms with Crippen LogP contribution in [-0.2, 0) is 19.6 Å². The summed E-state index contributed by atoms with van der Waals surface area (Å²) in [6, 6.07) is 4.12. The van der Waals surface area contributed by atoms with Crippen LogP contribution < -0.4 is 5.32 Å². The lowest BCUT2D eigenvalue weighted by Crippen LogP contribution is -2.08. The number of hydrogen-bond donors (Lipinski definition) is 1.